The molecule has 1 saturated heterocycles. The second-order valence-corrected chi connectivity index (χ2v) is 5.73. The van der Waals surface area contributed by atoms with E-state index in [2.05, 4.69) is 25.7 Å². The van der Waals surface area contributed by atoms with Gasteiger partial charge in [0.15, 0.2) is 5.65 Å². The first-order chi connectivity index (χ1) is 10.1. The zero-order valence-electron chi connectivity index (χ0n) is 12.7. The maximum absolute atomic E-state index is 10.0. The molecule has 1 aliphatic heterocycles. The Morgan fingerprint density at radius 3 is 2.95 bits per heavy atom. The van der Waals surface area contributed by atoms with E-state index in [4.69, 9.17) is 0 Å². The van der Waals surface area contributed by atoms with E-state index in [0.717, 1.165) is 41.3 Å². The van der Waals surface area contributed by atoms with E-state index in [1.807, 2.05) is 20.9 Å². The van der Waals surface area contributed by atoms with Crippen LogP contribution in [0.4, 0.5) is 5.82 Å². The smallest absolute Gasteiger partial charge is 0.163 e. The van der Waals surface area contributed by atoms with Gasteiger partial charge < -0.3 is 15.7 Å². The van der Waals surface area contributed by atoms with Gasteiger partial charge in [-0.1, -0.05) is 0 Å². The molecule has 3 heterocycles. The summed E-state index contributed by atoms with van der Waals surface area (Å²) in [5, 5.41) is 22.0. The van der Waals surface area contributed by atoms with Crippen molar-refractivity contribution in [1.29, 1.82) is 0 Å². The van der Waals surface area contributed by atoms with Crippen molar-refractivity contribution < 1.29 is 5.11 Å². The Kier molecular flexibility index (Phi) is 3.77. The summed E-state index contributed by atoms with van der Waals surface area (Å²) in [5.41, 5.74) is 1.76. The predicted octanol–water partition coefficient (Wildman–Crippen LogP) is 0.362. The van der Waals surface area contributed by atoms with Gasteiger partial charge in [0.05, 0.1) is 17.2 Å². The van der Waals surface area contributed by atoms with E-state index < -0.39 is 0 Å². The molecule has 3 N–H and O–H groups in total. The van der Waals surface area contributed by atoms with Crippen molar-refractivity contribution in [2.75, 3.05) is 25.0 Å². The Balaban J connectivity index is 1.86. The summed E-state index contributed by atoms with van der Waals surface area (Å²) in [6.45, 7) is 6.17. The minimum absolute atomic E-state index is 0.244. The fraction of sp³-hybridized carbons (Fsp3) is 0.643. The Labute approximate surface area is 123 Å². The van der Waals surface area contributed by atoms with E-state index in [0.29, 0.717) is 13.1 Å². The van der Waals surface area contributed by atoms with Crippen LogP contribution in [0.25, 0.3) is 11.0 Å². The molecular formula is C14H22N6O. The molecule has 21 heavy (non-hydrogen) atoms. The summed E-state index contributed by atoms with van der Waals surface area (Å²) in [7, 11) is 1.89. The number of aliphatic hydroxyl groups excluding tert-OH is 1. The molecule has 7 nitrogen and oxygen atoms in total. The maximum Gasteiger partial charge on any atom is 0.163 e. The van der Waals surface area contributed by atoms with Crippen LogP contribution in [0.5, 0.6) is 0 Å². The van der Waals surface area contributed by atoms with Crippen LogP contribution in [0, 0.1) is 19.8 Å². The second kappa shape index (κ2) is 5.57. The van der Waals surface area contributed by atoms with Gasteiger partial charge in [0.25, 0.3) is 0 Å². The van der Waals surface area contributed by atoms with Crippen LogP contribution >= 0.6 is 0 Å². The minimum Gasteiger partial charge on any atom is -0.391 e. The van der Waals surface area contributed by atoms with Gasteiger partial charge in [0, 0.05) is 26.1 Å². The Hall–Kier alpha value is -1.73. The number of β-amino-alcohol motifs (C(OH)–C–C–N with tert-alkyl or cyclic N) is 1. The van der Waals surface area contributed by atoms with E-state index in [-0.39, 0.29) is 12.0 Å². The van der Waals surface area contributed by atoms with Crippen molar-refractivity contribution >= 4 is 16.9 Å². The van der Waals surface area contributed by atoms with E-state index >= 15 is 0 Å². The zero-order chi connectivity index (χ0) is 15.0. The fourth-order valence-electron chi connectivity index (χ4n) is 2.94. The number of fused-ring (bicyclic) bond motifs is 1. The van der Waals surface area contributed by atoms with E-state index in [1.54, 1.807) is 4.68 Å². The van der Waals surface area contributed by atoms with Crippen LogP contribution in [-0.2, 0) is 7.05 Å². The number of rotatable bonds is 3. The molecule has 0 aromatic carbocycles. The first-order valence-corrected chi connectivity index (χ1v) is 7.37. The first-order valence-electron chi connectivity index (χ1n) is 7.37. The third-order valence-electron chi connectivity index (χ3n) is 4.09. The standard InChI is InChI=1S/C14H22N6O/c1-8-12-13(16-6-10-4-5-15-7-11(10)21)17-9(2)18-14(12)20(3)19-8/h10-11,15,21H,4-7H2,1-3H3,(H,16,17,18)/t10-,11+/m0/s1. The molecule has 2 aromatic heterocycles. The average molecular weight is 290 g/mol. The monoisotopic (exact) mass is 290 g/mol. The van der Waals surface area contributed by atoms with Gasteiger partial charge in [0.2, 0.25) is 0 Å². The van der Waals surface area contributed by atoms with Crippen molar-refractivity contribution in [3.05, 3.63) is 11.5 Å². The molecule has 0 spiro atoms. The summed E-state index contributed by atoms with van der Waals surface area (Å²) in [6.07, 6.45) is 0.660. The molecule has 0 unspecified atom stereocenters. The highest BCUT2D eigenvalue weighted by Gasteiger charge is 2.23. The summed E-state index contributed by atoms with van der Waals surface area (Å²) in [6, 6.07) is 0. The average Bonchev–Trinajstić information content (AvgIpc) is 2.72. The third kappa shape index (κ3) is 2.71. The highest BCUT2D eigenvalue weighted by Crippen LogP contribution is 2.24. The van der Waals surface area contributed by atoms with Gasteiger partial charge >= 0.3 is 0 Å². The number of aromatic nitrogens is 4. The van der Waals surface area contributed by atoms with Crippen molar-refractivity contribution in [3.63, 3.8) is 0 Å². The number of anilines is 1. The number of aryl methyl sites for hydroxylation is 3. The van der Waals surface area contributed by atoms with Crippen LogP contribution in [0.2, 0.25) is 0 Å². The van der Waals surface area contributed by atoms with Gasteiger partial charge in [-0.25, -0.2) is 9.97 Å². The molecule has 3 rings (SSSR count). The molecule has 2 aromatic rings. The summed E-state index contributed by atoms with van der Waals surface area (Å²) in [5.74, 6) is 1.78. The van der Waals surface area contributed by atoms with Crippen molar-refractivity contribution in [2.24, 2.45) is 13.0 Å². The van der Waals surface area contributed by atoms with Crippen molar-refractivity contribution in [1.82, 2.24) is 25.1 Å². The van der Waals surface area contributed by atoms with Gasteiger partial charge in [-0.2, -0.15) is 5.10 Å². The molecule has 0 aliphatic carbocycles. The number of nitrogens with one attached hydrogen (secondary N) is 2. The number of nitrogens with zero attached hydrogens (tertiary/aromatic N) is 4. The van der Waals surface area contributed by atoms with Crippen LogP contribution in [0.3, 0.4) is 0 Å². The Morgan fingerprint density at radius 2 is 2.19 bits per heavy atom. The normalized spacial score (nSPS) is 22.7. The number of hydrogen-bond acceptors (Lipinski definition) is 6. The molecule has 0 saturated carbocycles. The predicted molar refractivity (Wildman–Crippen MR) is 81.3 cm³/mol. The van der Waals surface area contributed by atoms with Crippen molar-refractivity contribution in [2.45, 2.75) is 26.4 Å². The molecule has 1 fully saturated rings. The molecule has 0 amide bonds. The van der Waals surface area contributed by atoms with Gasteiger partial charge in [0.1, 0.15) is 11.6 Å². The SMILES string of the molecule is Cc1nc(NC[C@@H]2CCNC[C@H]2O)c2c(C)nn(C)c2n1. The maximum atomic E-state index is 10.0. The lowest BCUT2D eigenvalue weighted by Gasteiger charge is -2.28. The minimum atomic E-state index is -0.306. The Bertz CT molecular complexity index is 652. The highest BCUT2D eigenvalue weighted by molar-refractivity contribution is 5.89. The second-order valence-electron chi connectivity index (χ2n) is 5.73. The topological polar surface area (TPSA) is 87.9 Å². The molecule has 1 aliphatic rings. The summed E-state index contributed by atoms with van der Waals surface area (Å²) < 4.78 is 1.78. The number of aliphatic hydroxyl groups is 1. The number of piperidine rings is 1. The largest absolute Gasteiger partial charge is 0.391 e. The van der Waals surface area contributed by atoms with Crippen LogP contribution in [0.1, 0.15) is 17.9 Å². The lowest BCUT2D eigenvalue weighted by molar-refractivity contribution is 0.0883. The summed E-state index contributed by atoms with van der Waals surface area (Å²) in [4.78, 5) is 8.97. The fourth-order valence-corrected chi connectivity index (χ4v) is 2.94. The number of hydrogen-bond donors (Lipinski definition) is 3. The first kappa shape index (κ1) is 14.2. The lowest BCUT2D eigenvalue weighted by Crippen LogP contribution is -2.43. The van der Waals surface area contributed by atoms with Gasteiger partial charge in [-0.15, -0.1) is 0 Å². The summed E-state index contributed by atoms with van der Waals surface area (Å²) >= 11 is 0. The van der Waals surface area contributed by atoms with Crippen molar-refractivity contribution in [3.8, 4) is 0 Å². The molecular weight excluding hydrogens is 268 g/mol. The highest BCUT2D eigenvalue weighted by atomic mass is 16.3. The molecule has 0 radical (unpaired) electrons. The molecule has 7 heteroatoms. The Morgan fingerprint density at radius 1 is 1.38 bits per heavy atom. The third-order valence-corrected chi connectivity index (χ3v) is 4.09. The molecule has 114 valence electrons. The van der Waals surface area contributed by atoms with E-state index in [9.17, 15) is 5.11 Å². The van der Waals surface area contributed by atoms with Gasteiger partial charge in [-0.05, 0) is 26.8 Å². The van der Waals surface area contributed by atoms with Crippen LogP contribution in [0.15, 0.2) is 0 Å². The van der Waals surface area contributed by atoms with E-state index in [1.165, 1.54) is 0 Å². The van der Waals surface area contributed by atoms with Crippen LogP contribution in [-0.4, -0.2) is 50.6 Å². The zero-order valence-corrected chi connectivity index (χ0v) is 12.7. The lowest BCUT2D eigenvalue weighted by atomic mass is 9.95. The van der Waals surface area contributed by atoms with Gasteiger partial charge in [-0.3, -0.25) is 4.68 Å². The van der Waals surface area contributed by atoms with Crippen LogP contribution < -0.4 is 10.6 Å². The quantitative estimate of drug-likeness (QED) is 0.756. The molecule has 0 bridgehead atoms. The molecule has 2 atom stereocenters.